The first kappa shape index (κ1) is 16.5. The average Bonchev–Trinajstić information content (AvgIpc) is 2.92. The van der Waals surface area contributed by atoms with Crippen molar-refractivity contribution in [3.8, 4) is 5.75 Å². The number of nitrogens with one attached hydrogen (secondary N) is 1. The number of hydrogen-bond acceptors (Lipinski definition) is 5. The number of aromatic nitrogens is 4. The lowest BCUT2D eigenvalue weighted by atomic mass is 10.2. The zero-order chi connectivity index (χ0) is 15.9. The molecule has 0 aliphatic heterocycles. The van der Waals surface area contributed by atoms with E-state index in [1.54, 1.807) is 4.68 Å². The Morgan fingerprint density at radius 3 is 2.86 bits per heavy atom. The number of nitrogens with zero attached hydrogens (tertiary/aromatic N) is 4. The molecule has 22 heavy (non-hydrogen) atoms. The summed E-state index contributed by atoms with van der Waals surface area (Å²) in [5.74, 6) is 1.38. The van der Waals surface area contributed by atoms with Crippen LogP contribution in [0.3, 0.4) is 0 Å². The Hall–Kier alpha value is -1.82. The Kier molecular flexibility index (Phi) is 6.00. The van der Waals surface area contributed by atoms with Gasteiger partial charge in [-0.2, -0.15) is 0 Å². The van der Waals surface area contributed by atoms with Crippen LogP contribution in [0, 0.1) is 0 Å². The molecule has 7 heteroatoms. The summed E-state index contributed by atoms with van der Waals surface area (Å²) in [6.45, 7) is 7.51. The van der Waals surface area contributed by atoms with Crippen LogP contribution in [-0.4, -0.2) is 26.3 Å². The molecule has 0 saturated carbocycles. The molecular formula is C15H22ClN5O. The van der Waals surface area contributed by atoms with E-state index in [9.17, 15) is 0 Å². The molecule has 0 aliphatic carbocycles. The van der Waals surface area contributed by atoms with Crippen molar-refractivity contribution >= 4 is 17.5 Å². The molecule has 0 saturated heterocycles. The lowest BCUT2D eigenvalue weighted by Crippen LogP contribution is -2.09. The molecule has 0 atom stereocenters. The SMILES string of the molecule is CCCCn1nnnc1NCc1ccc(OC(C)C)c(Cl)c1. The van der Waals surface area contributed by atoms with Crippen molar-refractivity contribution in [3.63, 3.8) is 0 Å². The van der Waals surface area contributed by atoms with Crippen LogP contribution in [0.5, 0.6) is 5.75 Å². The van der Waals surface area contributed by atoms with E-state index in [0.717, 1.165) is 24.9 Å². The molecular weight excluding hydrogens is 302 g/mol. The maximum absolute atomic E-state index is 6.24. The summed E-state index contributed by atoms with van der Waals surface area (Å²) in [6.07, 6.45) is 2.25. The van der Waals surface area contributed by atoms with Crippen molar-refractivity contribution in [2.45, 2.75) is 52.8 Å². The number of benzene rings is 1. The van der Waals surface area contributed by atoms with E-state index in [1.807, 2.05) is 32.0 Å². The van der Waals surface area contributed by atoms with Crippen molar-refractivity contribution in [2.75, 3.05) is 5.32 Å². The molecule has 0 spiro atoms. The van der Waals surface area contributed by atoms with Gasteiger partial charge in [0.2, 0.25) is 5.95 Å². The Labute approximate surface area is 135 Å². The van der Waals surface area contributed by atoms with Crippen LogP contribution in [0.4, 0.5) is 5.95 Å². The summed E-state index contributed by atoms with van der Waals surface area (Å²) in [6, 6.07) is 5.77. The number of tetrazole rings is 1. The van der Waals surface area contributed by atoms with E-state index in [2.05, 4.69) is 27.8 Å². The minimum atomic E-state index is 0.102. The fraction of sp³-hybridized carbons (Fsp3) is 0.533. The molecule has 0 radical (unpaired) electrons. The minimum Gasteiger partial charge on any atom is -0.489 e. The van der Waals surface area contributed by atoms with E-state index in [1.165, 1.54) is 0 Å². The number of aryl methyl sites for hydroxylation is 1. The van der Waals surface area contributed by atoms with Crippen LogP contribution >= 0.6 is 11.6 Å². The van der Waals surface area contributed by atoms with Crippen LogP contribution < -0.4 is 10.1 Å². The number of ether oxygens (including phenoxy) is 1. The molecule has 0 unspecified atom stereocenters. The number of unbranched alkanes of at least 4 members (excludes halogenated alkanes) is 1. The topological polar surface area (TPSA) is 64.9 Å². The van der Waals surface area contributed by atoms with E-state index >= 15 is 0 Å². The lowest BCUT2D eigenvalue weighted by Gasteiger charge is -2.12. The summed E-state index contributed by atoms with van der Waals surface area (Å²) in [5.41, 5.74) is 1.05. The van der Waals surface area contributed by atoms with Gasteiger partial charge in [0.15, 0.2) is 0 Å². The predicted molar refractivity (Wildman–Crippen MR) is 87.3 cm³/mol. The number of hydrogen-bond donors (Lipinski definition) is 1. The van der Waals surface area contributed by atoms with Gasteiger partial charge in [0.05, 0.1) is 11.1 Å². The first-order valence-corrected chi connectivity index (χ1v) is 7.93. The largest absolute Gasteiger partial charge is 0.489 e. The van der Waals surface area contributed by atoms with Crippen LogP contribution in [0.15, 0.2) is 18.2 Å². The Morgan fingerprint density at radius 2 is 2.18 bits per heavy atom. The molecule has 1 aromatic carbocycles. The molecule has 2 rings (SSSR count). The van der Waals surface area contributed by atoms with Gasteiger partial charge in [-0.1, -0.05) is 36.1 Å². The highest BCUT2D eigenvalue weighted by Crippen LogP contribution is 2.26. The summed E-state index contributed by atoms with van der Waals surface area (Å²) < 4.78 is 7.40. The highest BCUT2D eigenvalue weighted by molar-refractivity contribution is 6.32. The second kappa shape index (κ2) is 7.98. The summed E-state index contributed by atoms with van der Waals surface area (Å²) >= 11 is 6.24. The standard InChI is InChI=1S/C15H22ClN5O/c1-4-5-8-21-15(18-19-20-21)17-10-12-6-7-14(13(16)9-12)22-11(2)3/h6-7,9,11H,4-5,8,10H2,1-3H3,(H,17,18,20). The monoisotopic (exact) mass is 323 g/mol. The van der Waals surface area contributed by atoms with E-state index in [4.69, 9.17) is 16.3 Å². The molecule has 1 aromatic heterocycles. The van der Waals surface area contributed by atoms with Crippen molar-refractivity contribution < 1.29 is 4.74 Å². The maximum atomic E-state index is 6.24. The average molecular weight is 324 g/mol. The van der Waals surface area contributed by atoms with Crippen LogP contribution in [0.2, 0.25) is 5.02 Å². The molecule has 6 nitrogen and oxygen atoms in total. The Morgan fingerprint density at radius 1 is 1.36 bits per heavy atom. The van der Waals surface area contributed by atoms with Crippen molar-refractivity contribution in [1.82, 2.24) is 20.2 Å². The number of halogens is 1. The van der Waals surface area contributed by atoms with Gasteiger partial charge in [-0.25, -0.2) is 4.68 Å². The van der Waals surface area contributed by atoms with Gasteiger partial charge in [0, 0.05) is 13.1 Å². The summed E-state index contributed by atoms with van der Waals surface area (Å²) in [7, 11) is 0. The normalized spacial score (nSPS) is 11.0. The predicted octanol–water partition coefficient (Wildman–Crippen LogP) is 3.53. The number of anilines is 1. The van der Waals surface area contributed by atoms with E-state index in [-0.39, 0.29) is 6.10 Å². The quantitative estimate of drug-likeness (QED) is 0.805. The summed E-state index contributed by atoms with van der Waals surface area (Å²) in [4.78, 5) is 0. The highest BCUT2D eigenvalue weighted by atomic mass is 35.5. The van der Waals surface area contributed by atoms with Crippen LogP contribution in [0.1, 0.15) is 39.2 Å². The molecule has 120 valence electrons. The third-order valence-electron chi connectivity index (χ3n) is 3.06. The third kappa shape index (κ3) is 4.59. The van der Waals surface area contributed by atoms with Gasteiger partial charge in [-0.05, 0) is 48.4 Å². The van der Waals surface area contributed by atoms with E-state index < -0.39 is 0 Å². The van der Waals surface area contributed by atoms with Gasteiger partial charge in [0.1, 0.15) is 5.75 Å². The van der Waals surface area contributed by atoms with Crippen LogP contribution in [0.25, 0.3) is 0 Å². The first-order chi connectivity index (χ1) is 10.6. The molecule has 1 N–H and O–H groups in total. The third-order valence-corrected chi connectivity index (χ3v) is 3.36. The highest BCUT2D eigenvalue weighted by Gasteiger charge is 2.07. The van der Waals surface area contributed by atoms with Crippen LogP contribution in [-0.2, 0) is 13.1 Å². The molecule has 2 aromatic rings. The van der Waals surface area contributed by atoms with Gasteiger partial charge in [0.25, 0.3) is 0 Å². The Bertz CT molecular complexity index is 599. The minimum absolute atomic E-state index is 0.102. The zero-order valence-electron chi connectivity index (χ0n) is 13.2. The van der Waals surface area contributed by atoms with Crippen molar-refractivity contribution in [3.05, 3.63) is 28.8 Å². The van der Waals surface area contributed by atoms with Crippen molar-refractivity contribution in [2.24, 2.45) is 0 Å². The molecule has 0 amide bonds. The fourth-order valence-corrected chi connectivity index (χ4v) is 2.22. The number of rotatable bonds is 8. The molecule has 0 fully saturated rings. The van der Waals surface area contributed by atoms with Crippen molar-refractivity contribution in [1.29, 1.82) is 0 Å². The lowest BCUT2D eigenvalue weighted by molar-refractivity contribution is 0.242. The van der Waals surface area contributed by atoms with Gasteiger partial charge < -0.3 is 10.1 Å². The van der Waals surface area contributed by atoms with E-state index in [0.29, 0.717) is 23.3 Å². The second-order valence-electron chi connectivity index (χ2n) is 5.36. The van der Waals surface area contributed by atoms with Gasteiger partial charge >= 0.3 is 0 Å². The van der Waals surface area contributed by atoms with Gasteiger partial charge in [-0.15, -0.1) is 0 Å². The molecule has 1 heterocycles. The Balaban J connectivity index is 1.97. The molecule has 0 bridgehead atoms. The fourth-order valence-electron chi connectivity index (χ4n) is 1.97. The maximum Gasteiger partial charge on any atom is 0.243 e. The first-order valence-electron chi connectivity index (χ1n) is 7.55. The molecule has 0 aliphatic rings. The second-order valence-corrected chi connectivity index (χ2v) is 5.77. The summed E-state index contributed by atoms with van der Waals surface area (Å²) in [5, 5.41) is 15.5. The van der Waals surface area contributed by atoms with Gasteiger partial charge in [-0.3, -0.25) is 0 Å². The smallest absolute Gasteiger partial charge is 0.243 e. The zero-order valence-corrected chi connectivity index (χ0v) is 14.0.